The van der Waals surface area contributed by atoms with E-state index < -0.39 is 6.10 Å². The summed E-state index contributed by atoms with van der Waals surface area (Å²) in [6, 6.07) is 5.39. The Kier molecular flexibility index (Phi) is 6.80. The molecule has 1 aromatic heterocycles. The fourth-order valence-electron chi connectivity index (χ4n) is 4.04. The lowest BCUT2D eigenvalue weighted by Gasteiger charge is -2.33. The Hall–Kier alpha value is -2.83. The van der Waals surface area contributed by atoms with Crippen molar-refractivity contribution in [3.05, 3.63) is 39.7 Å². The number of piperidine rings is 1. The molecule has 7 heteroatoms. The number of nitrogens with zero attached hydrogens (tertiary/aromatic N) is 1. The van der Waals surface area contributed by atoms with E-state index in [0.717, 1.165) is 36.6 Å². The quantitative estimate of drug-likeness (QED) is 0.734. The summed E-state index contributed by atoms with van der Waals surface area (Å²) >= 11 is 0. The van der Waals surface area contributed by atoms with Gasteiger partial charge >= 0.3 is 5.63 Å². The molecule has 1 unspecified atom stereocenters. The van der Waals surface area contributed by atoms with Crippen LogP contribution in [0.2, 0.25) is 0 Å². The third-order valence-corrected chi connectivity index (χ3v) is 5.58. The van der Waals surface area contributed by atoms with E-state index in [-0.39, 0.29) is 23.5 Å². The van der Waals surface area contributed by atoms with E-state index in [4.69, 9.17) is 9.15 Å². The molecule has 162 valence electrons. The molecule has 0 radical (unpaired) electrons. The van der Waals surface area contributed by atoms with Crippen LogP contribution in [0.4, 0.5) is 0 Å². The van der Waals surface area contributed by atoms with Crippen molar-refractivity contribution in [1.29, 1.82) is 0 Å². The maximum atomic E-state index is 12.8. The lowest BCUT2D eigenvalue weighted by molar-refractivity contribution is -0.139. The molecule has 1 aliphatic rings. The standard InChI is InChI=1S/C23H30N2O5/c1-5-6-17-13-21(27)30-22-14(2)20(8-7-19(17)22)29-15(3)23(28)25-11-9-18(10-12-25)24-16(4)26/h7-8,13,15,18H,5-6,9-12H2,1-4H3,(H,24,26). The van der Waals surface area contributed by atoms with Gasteiger partial charge in [-0.2, -0.15) is 0 Å². The number of hydrogen-bond donors (Lipinski definition) is 1. The number of rotatable bonds is 6. The van der Waals surface area contributed by atoms with Gasteiger partial charge in [-0.15, -0.1) is 0 Å². The van der Waals surface area contributed by atoms with Gasteiger partial charge in [0, 0.05) is 43.1 Å². The van der Waals surface area contributed by atoms with E-state index in [1.54, 1.807) is 17.9 Å². The van der Waals surface area contributed by atoms with Crippen molar-refractivity contribution in [2.45, 2.75) is 65.5 Å². The summed E-state index contributed by atoms with van der Waals surface area (Å²) in [5.74, 6) is 0.405. The predicted molar refractivity (Wildman–Crippen MR) is 115 cm³/mol. The van der Waals surface area contributed by atoms with E-state index in [2.05, 4.69) is 12.2 Å². The summed E-state index contributed by atoms with van der Waals surface area (Å²) in [7, 11) is 0. The molecule has 3 rings (SSSR count). The van der Waals surface area contributed by atoms with E-state index in [1.165, 1.54) is 6.92 Å². The van der Waals surface area contributed by atoms with Crippen molar-refractivity contribution < 1.29 is 18.7 Å². The first-order valence-corrected chi connectivity index (χ1v) is 10.6. The second kappa shape index (κ2) is 9.32. The molecule has 1 saturated heterocycles. The minimum absolute atomic E-state index is 0.0444. The number of carbonyl (C=O) groups is 2. The van der Waals surface area contributed by atoms with Gasteiger partial charge in [-0.3, -0.25) is 9.59 Å². The number of aryl methyl sites for hydroxylation is 2. The van der Waals surface area contributed by atoms with Crippen LogP contribution in [-0.2, 0) is 16.0 Å². The Labute approximate surface area is 176 Å². The monoisotopic (exact) mass is 414 g/mol. The zero-order chi connectivity index (χ0) is 21.8. The van der Waals surface area contributed by atoms with Crippen LogP contribution in [0.3, 0.4) is 0 Å². The van der Waals surface area contributed by atoms with E-state index in [1.807, 2.05) is 19.1 Å². The van der Waals surface area contributed by atoms with Gasteiger partial charge in [0.1, 0.15) is 11.3 Å². The van der Waals surface area contributed by atoms with Gasteiger partial charge in [0.2, 0.25) is 5.91 Å². The molecule has 30 heavy (non-hydrogen) atoms. The van der Waals surface area contributed by atoms with E-state index in [9.17, 15) is 14.4 Å². The van der Waals surface area contributed by atoms with Gasteiger partial charge in [-0.25, -0.2) is 4.79 Å². The summed E-state index contributed by atoms with van der Waals surface area (Å²) in [5.41, 5.74) is 1.81. The smallest absolute Gasteiger partial charge is 0.336 e. The molecular weight excluding hydrogens is 384 g/mol. The first-order chi connectivity index (χ1) is 14.3. The lowest BCUT2D eigenvalue weighted by atomic mass is 10.0. The largest absolute Gasteiger partial charge is 0.480 e. The van der Waals surface area contributed by atoms with Gasteiger partial charge in [0.05, 0.1) is 0 Å². The molecule has 0 saturated carbocycles. The highest BCUT2D eigenvalue weighted by Crippen LogP contribution is 2.30. The molecule has 1 fully saturated rings. The predicted octanol–water partition coefficient (Wildman–Crippen LogP) is 2.95. The Morgan fingerprint density at radius 1 is 1.30 bits per heavy atom. The molecule has 1 aromatic carbocycles. The third kappa shape index (κ3) is 4.83. The number of likely N-dealkylation sites (tertiary alicyclic amines) is 1. The average molecular weight is 415 g/mol. The molecule has 0 aliphatic carbocycles. The fraction of sp³-hybridized carbons (Fsp3) is 0.522. The second-order valence-electron chi connectivity index (χ2n) is 7.97. The van der Waals surface area contributed by atoms with Crippen LogP contribution >= 0.6 is 0 Å². The molecule has 1 atom stereocenters. The van der Waals surface area contributed by atoms with Crippen molar-refractivity contribution in [3.8, 4) is 5.75 Å². The maximum absolute atomic E-state index is 12.8. The number of hydrogen-bond acceptors (Lipinski definition) is 5. The number of carbonyl (C=O) groups excluding carboxylic acids is 2. The van der Waals surface area contributed by atoms with Gasteiger partial charge in [-0.05, 0) is 50.8 Å². The van der Waals surface area contributed by atoms with Crippen molar-refractivity contribution >= 4 is 22.8 Å². The van der Waals surface area contributed by atoms with Crippen LogP contribution in [-0.4, -0.2) is 41.9 Å². The number of nitrogens with one attached hydrogen (secondary N) is 1. The Balaban J connectivity index is 1.73. The van der Waals surface area contributed by atoms with Crippen LogP contribution in [0.5, 0.6) is 5.75 Å². The van der Waals surface area contributed by atoms with Crippen molar-refractivity contribution in [1.82, 2.24) is 10.2 Å². The highest BCUT2D eigenvalue weighted by molar-refractivity contribution is 5.85. The molecular formula is C23H30N2O5. The van der Waals surface area contributed by atoms with Gasteiger partial charge in [-0.1, -0.05) is 13.3 Å². The van der Waals surface area contributed by atoms with Crippen molar-refractivity contribution in [3.63, 3.8) is 0 Å². The summed E-state index contributed by atoms with van der Waals surface area (Å²) < 4.78 is 11.4. The topological polar surface area (TPSA) is 88.8 Å². The summed E-state index contributed by atoms with van der Waals surface area (Å²) in [4.78, 5) is 37.8. The first-order valence-electron chi connectivity index (χ1n) is 10.6. The van der Waals surface area contributed by atoms with E-state index >= 15 is 0 Å². The number of fused-ring (bicyclic) bond motifs is 1. The van der Waals surface area contributed by atoms with Gasteiger partial charge in [0.25, 0.3) is 5.91 Å². The van der Waals surface area contributed by atoms with Crippen molar-refractivity contribution in [2.75, 3.05) is 13.1 Å². The highest BCUT2D eigenvalue weighted by Gasteiger charge is 2.28. The Morgan fingerprint density at radius 3 is 2.63 bits per heavy atom. The molecule has 2 amide bonds. The molecule has 0 spiro atoms. The van der Waals surface area contributed by atoms with Gasteiger partial charge < -0.3 is 19.4 Å². The Bertz CT molecular complexity index is 989. The highest BCUT2D eigenvalue weighted by atomic mass is 16.5. The lowest BCUT2D eigenvalue weighted by Crippen LogP contribution is -2.49. The minimum atomic E-state index is -0.663. The first kappa shape index (κ1) is 21.9. The molecule has 1 N–H and O–H groups in total. The summed E-state index contributed by atoms with van der Waals surface area (Å²) in [5, 5.41) is 3.81. The SMILES string of the molecule is CCCc1cc(=O)oc2c(C)c(OC(C)C(=O)N3CCC(NC(C)=O)CC3)ccc12. The minimum Gasteiger partial charge on any atom is -0.480 e. The maximum Gasteiger partial charge on any atom is 0.336 e. The fourth-order valence-corrected chi connectivity index (χ4v) is 4.04. The van der Waals surface area contributed by atoms with Crippen LogP contribution in [0, 0.1) is 6.92 Å². The zero-order valence-corrected chi connectivity index (χ0v) is 18.1. The van der Waals surface area contributed by atoms with Gasteiger partial charge in [0.15, 0.2) is 6.10 Å². The summed E-state index contributed by atoms with van der Waals surface area (Å²) in [6.07, 6.45) is 2.53. The average Bonchev–Trinajstić information content (AvgIpc) is 2.70. The number of ether oxygens (including phenoxy) is 1. The van der Waals surface area contributed by atoms with E-state index in [0.29, 0.717) is 30.0 Å². The second-order valence-corrected chi connectivity index (χ2v) is 7.97. The van der Waals surface area contributed by atoms with Crippen LogP contribution in [0.1, 0.15) is 51.2 Å². The number of amides is 2. The normalized spacial score (nSPS) is 15.8. The molecule has 0 bridgehead atoms. The third-order valence-electron chi connectivity index (χ3n) is 5.58. The Morgan fingerprint density at radius 2 is 2.00 bits per heavy atom. The van der Waals surface area contributed by atoms with Crippen molar-refractivity contribution in [2.24, 2.45) is 0 Å². The van der Waals surface area contributed by atoms with Crippen LogP contribution in [0.25, 0.3) is 11.0 Å². The number of benzene rings is 1. The molecule has 2 aromatic rings. The molecule has 7 nitrogen and oxygen atoms in total. The summed E-state index contributed by atoms with van der Waals surface area (Å²) in [6.45, 7) is 8.32. The zero-order valence-electron chi connectivity index (χ0n) is 18.1. The van der Waals surface area contributed by atoms with Crippen LogP contribution in [0.15, 0.2) is 27.4 Å². The molecule has 1 aliphatic heterocycles. The van der Waals surface area contributed by atoms with Crippen LogP contribution < -0.4 is 15.7 Å². The molecule has 2 heterocycles.